The van der Waals surface area contributed by atoms with Crippen LogP contribution < -0.4 is 0 Å². The quantitative estimate of drug-likeness (QED) is 0.783. The van der Waals surface area contributed by atoms with Crippen molar-refractivity contribution in [2.75, 3.05) is 33.7 Å². The van der Waals surface area contributed by atoms with Crippen LogP contribution in [0.5, 0.6) is 0 Å². The number of hydrogen-bond donors (Lipinski definition) is 0. The Morgan fingerprint density at radius 1 is 1.28 bits per heavy atom. The molecule has 3 aliphatic rings. The molecule has 0 unspecified atom stereocenters. The van der Waals surface area contributed by atoms with Crippen LogP contribution in [0.3, 0.4) is 0 Å². The van der Waals surface area contributed by atoms with Gasteiger partial charge in [0.05, 0.1) is 0 Å². The van der Waals surface area contributed by atoms with Gasteiger partial charge in [0.15, 0.2) is 4.96 Å². The summed E-state index contributed by atoms with van der Waals surface area (Å²) in [7, 11) is -0.375. The number of piperidine rings is 1. The molecule has 5 heterocycles. The van der Waals surface area contributed by atoms with Gasteiger partial charge in [-0.1, -0.05) is 0 Å². The summed E-state index contributed by atoms with van der Waals surface area (Å²) in [6.07, 6.45) is 5.41. The summed E-state index contributed by atoms with van der Waals surface area (Å²) in [4.78, 5) is 20.0. The van der Waals surface area contributed by atoms with Crippen LogP contribution >= 0.6 is 11.3 Å². The maximum absolute atomic E-state index is 13.0. The Morgan fingerprint density at radius 2 is 2.08 bits per heavy atom. The summed E-state index contributed by atoms with van der Waals surface area (Å²) < 4.78 is 29.7. The molecule has 2 aromatic rings. The maximum Gasteiger partial charge on any atom is 0.281 e. The second-order valence-corrected chi connectivity index (χ2v) is 9.90. The van der Waals surface area contributed by atoms with E-state index < -0.39 is 10.2 Å². The fraction of sp³-hybridized carbons (Fsp3) is 0.600. The third-order valence-corrected chi connectivity index (χ3v) is 7.69. The lowest BCUT2D eigenvalue weighted by Gasteiger charge is -2.35. The molecule has 8 nitrogen and oxygen atoms in total. The van der Waals surface area contributed by atoms with Crippen LogP contribution in [0.4, 0.5) is 0 Å². The summed E-state index contributed by atoms with van der Waals surface area (Å²) in [6.45, 7) is 1.41. The Balaban J connectivity index is 1.60. The van der Waals surface area contributed by atoms with E-state index >= 15 is 0 Å². The van der Waals surface area contributed by atoms with Gasteiger partial charge in [-0.15, -0.1) is 11.3 Å². The lowest BCUT2D eigenvalue weighted by Crippen LogP contribution is -2.48. The van der Waals surface area contributed by atoms with Gasteiger partial charge in [-0.3, -0.25) is 9.20 Å². The number of aromatic nitrogens is 2. The first kappa shape index (κ1) is 17.0. The van der Waals surface area contributed by atoms with Gasteiger partial charge >= 0.3 is 0 Å². The molecule has 0 radical (unpaired) electrons. The molecule has 0 spiro atoms. The van der Waals surface area contributed by atoms with E-state index in [4.69, 9.17) is 0 Å². The van der Waals surface area contributed by atoms with Crippen molar-refractivity contribution in [3.8, 4) is 0 Å². The van der Waals surface area contributed by atoms with Gasteiger partial charge in [-0.05, 0) is 18.8 Å². The topological polar surface area (TPSA) is 78.2 Å². The molecule has 2 aromatic heterocycles. The zero-order valence-corrected chi connectivity index (χ0v) is 15.8. The highest BCUT2D eigenvalue weighted by atomic mass is 32.2. The highest BCUT2D eigenvalue weighted by molar-refractivity contribution is 7.86. The van der Waals surface area contributed by atoms with E-state index in [1.807, 2.05) is 20.9 Å². The third-order valence-electron chi connectivity index (χ3n) is 5.04. The summed E-state index contributed by atoms with van der Waals surface area (Å²) in [5.41, 5.74) is 0.432. The predicted octanol–water partition coefficient (Wildman–Crippen LogP) is 0.739. The van der Waals surface area contributed by atoms with Crippen molar-refractivity contribution in [3.05, 3.63) is 23.5 Å². The van der Waals surface area contributed by atoms with Gasteiger partial charge in [0.1, 0.15) is 5.69 Å². The number of carbonyl (C=O) groups excluding carboxylic acids is 1. The Morgan fingerprint density at radius 3 is 2.80 bits per heavy atom. The Hall–Kier alpha value is -1.49. The van der Waals surface area contributed by atoms with Gasteiger partial charge < -0.3 is 4.90 Å². The molecule has 10 heteroatoms. The summed E-state index contributed by atoms with van der Waals surface area (Å²) in [5.74, 6) is 0.0656. The molecule has 3 fully saturated rings. The minimum absolute atomic E-state index is 0.0966. The Labute approximate surface area is 150 Å². The van der Waals surface area contributed by atoms with Crippen LogP contribution in [-0.2, 0) is 10.2 Å². The normalized spacial score (nSPS) is 25.0. The van der Waals surface area contributed by atoms with Crippen LogP contribution in [0.2, 0.25) is 0 Å². The number of thiazole rings is 1. The number of nitrogens with zero attached hydrogens (tertiary/aromatic N) is 5. The Bertz CT molecular complexity index is 875. The Kier molecular flexibility index (Phi) is 4.10. The summed E-state index contributed by atoms with van der Waals surface area (Å²) in [6, 6.07) is -0.0966. The lowest BCUT2D eigenvalue weighted by atomic mass is 9.95. The van der Waals surface area contributed by atoms with E-state index in [1.54, 1.807) is 20.3 Å². The van der Waals surface area contributed by atoms with Crippen LogP contribution in [0.1, 0.15) is 23.3 Å². The first-order valence-electron chi connectivity index (χ1n) is 8.27. The molecule has 0 saturated carbocycles. The average Bonchev–Trinajstić information content (AvgIpc) is 3.04. The van der Waals surface area contributed by atoms with Gasteiger partial charge in [-0.25, -0.2) is 4.98 Å². The molecule has 0 aliphatic carbocycles. The SMILES string of the molecule is CN(C)S(=O)(=O)N1C[C@H]2CC[C@@H](C1)N(C(=O)c1cn3ccsc3n1)C2. The standard InChI is InChI=1S/C15H21N5O3S2/c1-17(2)25(22,23)19-7-11-3-4-12(9-19)20(8-11)14(21)13-10-18-5-6-24-15(18)16-13/h5-6,10-12H,3-4,7-9H2,1-2H3/t11-,12+/m1/s1. The molecule has 0 N–H and O–H groups in total. The van der Waals surface area contributed by atoms with E-state index in [-0.39, 0.29) is 17.9 Å². The first-order chi connectivity index (χ1) is 11.9. The molecular weight excluding hydrogens is 362 g/mol. The van der Waals surface area contributed by atoms with Crippen LogP contribution in [-0.4, -0.2) is 77.0 Å². The molecule has 136 valence electrons. The zero-order valence-electron chi connectivity index (χ0n) is 14.2. The molecule has 1 amide bonds. The minimum Gasteiger partial charge on any atom is -0.333 e. The number of imidazole rings is 1. The monoisotopic (exact) mass is 383 g/mol. The molecule has 3 saturated heterocycles. The van der Waals surface area contributed by atoms with Gasteiger partial charge in [-0.2, -0.15) is 17.0 Å². The lowest BCUT2D eigenvalue weighted by molar-refractivity contribution is 0.0583. The van der Waals surface area contributed by atoms with E-state index in [1.165, 1.54) is 19.9 Å². The van der Waals surface area contributed by atoms with Crippen LogP contribution in [0.25, 0.3) is 4.96 Å². The molecular formula is C15H21N5O3S2. The van der Waals surface area contributed by atoms with Crippen molar-refractivity contribution in [1.82, 2.24) is 22.9 Å². The van der Waals surface area contributed by atoms with Crippen LogP contribution in [0, 0.1) is 5.92 Å². The average molecular weight is 383 g/mol. The highest BCUT2D eigenvalue weighted by Crippen LogP contribution is 2.30. The van der Waals surface area contributed by atoms with Crippen molar-refractivity contribution < 1.29 is 13.2 Å². The fourth-order valence-electron chi connectivity index (χ4n) is 3.68. The summed E-state index contributed by atoms with van der Waals surface area (Å²) >= 11 is 1.49. The number of amides is 1. The predicted molar refractivity (Wildman–Crippen MR) is 94.8 cm³/mol. The second-order valence-electron chi connectivity index (χ2n) is 6.88. The van der Waals surface area contributed by atoms with E-state index in [0.717, 1.165) is 17.8 Å². The van der Waals surface area contributed by atoms with Crippen molar-refractivity contribution in [2.45, 2.75) is 18.9 Å². The third kappa shape index (κ3) is 2.86. The first-order valence-corrected chi connectivity index (χ1v) is 10.5. The van der Waals surface area contributed by atoms with Gasteiger partial charge in [0, 0.05) is 57.5 Å². The molecule has 2 atom stereocenters. The smallest absolute Gasteiger partial charge is 0.281 e. The van der Waals surface area contributed by atoms with Crippen LogP contribution in [0.15, 0.2) is 17.8 Å². The molecule has 25 heavy (non-hydrogen) atoms. The number of hydrogen-bond acceptors (Lipinski definition) is 5. The molecule has 2 bridgehead atoms. The zero-order chi connectivity index (χ0) is 17.8. The number of rotatable bonds is 3. The fourth-order valence-corrected chi connectivity index (χ4v) is 5.61. The maximum atomic E-state index is 13.0. The molecule has 3 aliphatic heterocycles. The number of fused-ring (bicyclic) bond motifs is 5. The van der Waals surface area contributed by atoms with Crippen molar-refractivity contribution in [3.63, 3.8) is 0 Å². The molecule has 5 rings (SSSR count). The summed E-state index contributed by atoms with van der Waals surface area (Å²) in [5, 5.41) is 1.93. The van der Waals surface area contributed by atoms with Gasteiger partial charge in [0.2, 0.25) is 0 Å². The van der Waals surface area contributed by atoms with Crippen molar-refractivity contribution in [1.29, 1.82) is 0 Å². The minimum atomic E-state index is -3.46. The largest absolute Gasteiger partial charge is 0.333 e. The van der Waals surface area contributed by atoms with E-state index in [9.17, 15) is 13.2 Å². The second kappa shape index (κ2) is 6.04. The van der Waals surface area contributed by atoms with E-state index in [2.05, 4.69) is 4.98 Å². The molecule has 0 aromatic carbocycles. The highest BCUT2D eigenvalue weighted by Gasteiger charge is 2.41. The van der Waals surface area contributed by atoms with Crippen molar-refractivity contribution in [2.24, 2.45) is 5.92 Å². The van der Waals surface area contributed by atoms with Gasteiger partial charge in [0.25, 0.3) is 16.1 Å². The number of carbonyl (C=O) groups is 1. The van der Waals surface area contributed by atoms with E-state index in [0.29, 0.717) is 25.3 Å². The van der Waals surface area contributed by atoms with Crippen molar-refractivity contribution >= 4 is 32.4 Å².